The minimum Gasteiger partial charge on any atom is -0.383 e. The highest BCUT2D eigenvalue weighted by Gasteiger charge is 2.28. The summed E-state index contributed by atoms with van der Waals surface area (Å²) in [5.74, 6) is 0. The Hall–Kier alpha value is -0.120. The molecule has 1 unspecified atom stereocenters. The summed E-state index contributed by atoms with van der Waals surface area (Å²) in [6, 6.07) is 0.252. The van der Waals surface area contributed by atoms with Gasteiger partial charge in [0, 0.05) is 14.2 Å². The molecule has 0 rings (SSSR count). The first-order valence-electron chi connectivity index (χ1n) is 4.86. The molecule has 0 aromatic rings. The average molecular weight is 189 g/mol. The Labute approximate surface area is 81.8 Å². The predicted octanol–water partition coefficient (Wildman–Crippen LogP) is 1.43. The first kappa shape index (κ1) is 12.9. The van der Waals surface area contributed by atoms with Gasteiger partial charge in [-0.1, -0.05) is 6.92 Å². The molecule has 0 saturated carbocycles. The van der Waals surface area contributed by atoms with Crippen molar-refractivity contribution in [3.05, 3.63) is 0 Å². The van der Waals surface area contributed by atoms with Crippen molar-refractivity contribution in [2.45, 2.75) is 38.8 Å². The fraction of sp³-hybridized carbons (Fsp3) is 1.00. The molecule has 13 heavy (non-hydrogen) atoms. The predicted molar refractivity (Wildman–Crippen MR) is 55.0 cm³/mol. The Balaban J connectivity index is 4.05. The summed E-state index contributed by atoms with van der Waals surface area (Å²) in [5.41, 5.74) is -0.175. The lowest BCUT2D eigenvalue weighted by Crippen LogP contribution is -2.51. The molecule has 0 aliphatic rings. The van der Waals surface area contributed by atoms with Crippen LogP contribution in [0.5, 0.6) is 0 Å². The van der Waals surface area contributed by atoms with Crippen molar-refractivity contribution >= 4 is 0 Å². The molecular formula is C10H23NO2. The van der Waals surface area contributed by atoms with E-state index < -0.39 is 0 Å². The fourth-order valence-electron chi connectivity index (χ4n) is 1.13. The number of hydrogen-bond donors (Lipinski definition) is 1. The molecule has 3 heteroatoms. The second-order valence-corrected chi connectivity index (χ2v) is 3.77. The molecule has 0 radical (unpaired) electrons. The zero-order valence-corrected chi connectivity index (χ0v) is 9.52. The van der Waals surface area contributed by atoms with Gasteiger partial charge in [0.25, 0.3) is 0 Å². The Bertz CT molecular complexity index is 126. The topological polar surface area (TPSA) is 30.5 Å². The van der Waals surface area contributed by atoms with Crippen LogP contribution < -0.4 is 5.32 Å². The molecule has 0 aliphatic carbocycles. The third-order valence-corrected chi connectivity index (χ3v) is 2.34. The quantitative estimate of drug-likeness (QED) is 0.657. The van der Waals surface area contributed by atoms with Crippen molar-refractivity contribution in [3.8, 4) is 0 Å². The van der Waals surface area contributed by atoms with Crippen molar-refractivity contribution in [2.24, 2.45) is 0 Å². The molecular weight excluding hydrogens is 166 g/mol. The normalized spacial score (nSPS) is 14.5. The molecule has 0 aromatic heterocycles. The largest absolute Gasteiger partial charge is 0.383 e. The fourth-order valence-corrected chi connectivity index (χ4v) is 1.13. The van der Waals surface area contributed by atoms with Crippen LogP contribution in [0.3, 0.4) is 0 Å². The van der Waals surface area contributed by atoms with E-state index in [0.29, 0.717) is 6.61 Å². The molecule has 1 atom stereocenters. The van der Waals surface area contributed by atoms with Gasteiger partial charge in [0.05, 0.1) is 18.2 Å². The molecule has 0 spiro atoms. The summed E-state index contributed by atoms with van der Waals surface area (Å²) in [4.78, 5) is 0. The van der Waals surface area contributed by atoms with Gasteiger partial charge in [0.2, 0.25) is 0 Å². The molecule has 0 saturated heterocycles. The summed E-state index contributed by atoms with van der Waals surface area (Å²) >= 11 is 0. The lowest BCUT2D eigenvalue weighted by molar-refractivity contribution is -0.0319. The Morgan fingerprint density at radius 3 is 2.31 bits per heavy atom. The van der Waals surface area contributed by atoms with Crippen molar-refractivity contribution < 1.29 is 9.47 Å². The average Bonchev–Trinajstić information content (AvgIpc) is 2.12. The second-order valence-electron chi connectivity index (χ2n) is 3.77. The van der Waals surface area contributed by atoms with E-state index in [1.165, 1.54) is 0 Å². The van der Waals surface area contributed by atoms with E-state index in [9.17, 15) is 0 Å². The smallest absolute Gasteiger partial charge is 0.0797 e. The van der Waals surface area contributed by atoms with E-state index in [1.807, 2.05) is 0 Å². The van der Waals surface area contributed by atoms with Crippen molar-refractivity contribution in [1.29, 1.82) is 0 Å². The van der Waals surface area contributed by atoms with E-state index >= 15 is 0 Å². The Morgan fingerprint density at radius 1 is 1.31 bits per heavy atom. The van der Waals surface area contributed by atoms with E-state index in [1.54, 1.807) is 14.2 Å². The maximum Gasteiger partial charge on any atom is 0.0797 e. The first-order valence-corrected chi connectivity index (χ1v) is 4.86. The standard InChI is InChI=1S/C10H23NO2/c1-6-7-11-9(8-12-4)10(2,3)13-5/h9,11H,6-8H2,1-5H3. The van der Waals surface area contributed by atoms with Gasteiger partial charge < -0.3 is 14.8 Å². The third kappa shape index (κ3) is 4.60. The molecule has 0 aromatic carbocycles. The Kier molecular flexibility index (Phi) is 6.29. The zero-order chi connectivity index (χ0) is 10.3. The number of rotatable bonds is 7. The van der Waals surface area contributed by atoms with Gasteiger partial charge in [-0.05, 0) is 26.8 Å². The molecule has 0 fully saturated rings. The molecule has 1 N–H and O–H groups in total. The maximum atomic E-state index is 5.41. The lowest BCUT2D eigenvalue weighted by Gasteiger charge is -2.33. The molecule has 0 bridgehead atoms. The van der Waals surface area contributed by atoms with Crippen LogP contribution in [0.15, 0.2) is 0 Å². The van der Waals surface area contributed by atoms with Crippen molar-refractivity contribution in [3.63, 3.8) is 0 Å². The summed E-state index contributed by atoms with van der Waals surface area (Å²) < 4.78 is 10.6. The summed E-state index contributed by atoms with van der Waals surface area (Å²) in [6.45, 7) is 7.97. The Morgan fingerprint density at radius 2 is 1.92 bits per heavy atom. The van der Waals surface area contributed by atoms with E-state index in [-0.39, 0.29) is 11.6 Å². The van der Waals surface area contributed by atoms with Gasteiger partial charge >= 0.3 is 0 Å². The molecule has 0 aliphatic heterocycles. The highest BCUT2D eigenvalue weighted by Crippen LogP contribution is 2.13. The minimum absolute atomic E-state index is 0.175. The van der Waals surface area contributed by atoms with Crippen LogP contribution in [0.1, 0.15) is 27.2 Å². The molecule has 80 valence electrons. The number of methoxy groups -OCH3 is 2. The number of ether oxygens (including phenoxy) is 2. The van der Waals surface area contributed by atoms with Crippen molar-refractivity contribution in [1.82, 2.24) is 5.32 Å². The van der Waals surface area contributed by atoms with E-state index in [4.69, 9.17) is 9.47 Å². The van der Waals surface area contributed by atoms with E-state index in [0.717, 1.165) is 13.0 Å². The van der Waals surface area contributed by atoms with Crippen LogP contribution >= 0.6 is 0 Å². The van der Waals surface area contributed by atoms with Crippen LogP contribution in [-0.4, -0.2) is 39.0 Å². The SMILES string of the molecule is CCCNC(COC)C(C)(C)OC. The van der Waals surface area contributed by atoms with Gasteiger partial charge in [-0.15, -0.1) is 0 Å². The van der Waals surface area contributed by atoms with Gasteiger partial charge in [-0.3, -0.25) is 0 Å². The van der Waals surface area contributed by atoms with Crippen molar-refractivity contribution in [2.75, 3.05) is 27.4 Å². The monoisotopic (exact) mass is 189 g/mol. The highest BCUT2D eigenvalue weighted by atomic mass is 16.5. The van der Waals surface area contributed by atoms with Crippen LogP contribution in [0.25, 0.3) is 0 Å². The van der Waals surface area contributed by atoms with Gasteiger partial charge in [0.1, 0.15) is 0 Å². The van der Waals surface area contributed by atoms with Crippen LogP contribution in [0.2, 0.25) is 0 Å². The third-order valence-electron chi connectivity index (χ3n) is 2.34. The van der Waals surface area contributed by atoms with Crippen LogP contribution in [0, 0.1) is 0 Å². The molecule has 0 heterocycles. The summed E-state index contributed by atoms with van der Waals surface area (Å²) in [7, 11) is 3.45. The number of nitrogens with one attached hydrogen (secondary N) is 1. The highest BCUT2D eigenvalue weighted by molar-refractivity contribution is 4.85. The van der Waals surface area contributed by atoms with Crippen LogP contribution in [0.4, 0.5) is 0 Å². The zero-order valence-electron chi connectivity index (χ0n) is 9.52. The number of hydrogen-bond acceptors (Lipinski definition) is 3. The lowest BCUT2D eigenvalue weighted by atomic mass is 9.99. The molecule has 0 amide bonds. The first-order chi connectivity index (χ1) is 6.08. The van der Waals surface area contributed by atoms with Crippen LogP contribution in [-0.2, 0) is 9.47 Å². The second kappa shape index (κ2) is 6.35. The maximum absolute atomic E-state index is 5.41. The van der Waals surface area contributed by atoms with Gasteiger partial charge in [-0.2, -0.15) is 0 Å². The summed E-state index contributed by atoms with van der Waals surface area (Å²) in [6.07, 6.45) is 1.13. The molecule has 3 nitrogen and oxygen atoms in total. The minimum atomic E-state index is -0.175. The van der Waals surface area contributed by atoms with Gasteiger partial charge in [0.15, 0.2) is 0 Å². The van der Waals surface area contributed by atoms with E-state index in [2.05, 4.69) is 26.1 Å². The van der Waals surface area contributed by atoms with Gasteiger partial charge in [-0.25, -0.2) is 0 Å². The summed E-state index contributed by atoms with van der Waals surface area (Å²) in [5, 5.41) is 3.41.